The van der Waals surface area contributed by atoms with Gasteiger partial charge in [-0.15, -0.1) is 0 Å². The van der Waals surface area contributed by atoms with Crippen LogP contribution in [-0.4, -0.2) is 47.5 Å². The van der Waals surface area contributed by atoms with Crippen molar-refractivity contribution < 1.29 is 27.1 Å². The Bertz CT molecular complexity index is 1480. The number of anilines is 1. The number of carbonyl (C=O) groups is 1. The first kappa shape index (κ1) is 23.2. The number of nitrogens with one attached hydrogen (secondary N) is 2. The molecule has 2 heterocycles. The highest BCUT2D eigenvalue weighted by atomic mass is 32.2. The van der Waals surface area contributed by atoms with Crippen LogP contribution in [0.2, 0.25) is 0 Å². The van der Waals surface area contributed by atoms with Gasteiger partial charge in [0.2, 0.25) is 10.0 Å². The molecule has 2 saturated carbocycles. The number of halogens is 2. The predicted octanol–water partition coefficient (Wildman–Crippen LogP) is 3.86. The number of pyridine rings is 2. The van der Waals surface area contributed by atoms with Crippen molar-refractivity contribution in [3.8, 4) is 0 Å². The summed E-state index contributed by atoms with van der Waals surface area (Å²) in [5.41, 5.74) is 2.93. The van der Waals surface area contributed by atoms with Gasteiger partial charge in [-0.2, -0.15) is 0 Å². The number of benzene rings is 1. The van der Waals surface area contributed by atoms with E-state index in [1.54, 1.807) is 12.3 Å². The van der Waals surface area contributed by atoms with E-state index in [2.05, 4.69) is 20.0 Å². The lowest BCUT2D eigenvalue weighted by Crippen LogP contribution is -2.50. The van der Waals surface area contributed by atoms with Crippen LogP contribution in [0.3, 0.4) is 0 Å². The molecular formula is C25H24F2N4O4S. The van der Waals surface area contributed by atoms with Crippen molar-refractivity contribution in [1.82, 2.24) is 14.7 Å². The quantitative estimate of drug-likeness (QED) is 0.438. The summed E-state index contributed by atoms with van der Waals surface area (Å²) >= 11 is 0. The second kappa shape index (κ2) is 8.17. The Hall–Kier alpha value is -3.18. The number of hydrogen-bond donors (Lipinski definition) is 3. The summed E-state index contributed by atoms with van der Waals surface area (Å²) in [5, 5.41) is 13.6. The monoisotopic (exact) mass is 514 g/mol. The first-order valence-corrected chi connectivity index (χ1v) is 13.4. The van der Waals surface area contributed by atoms with Crippen molar-refractivity contribution in [1.29, 1.82) is 0 Å². The summed E-state index contributed by atoms with van der Waals surface area (Å²) in [4.78, 5) is 19.7. The molecule has 0 spiro atoms. The molecule has 0 bridgehead atoms. The molecular weight excluding hydrogens is 490 g/mol. The van der Waals surface area contributed by atoms with Crippen LogP contribution < -0.4 is 10.0 Å². The van der Waals surface area contributed by atoms with Gasteiger partial charge < -0.3 is 10.4 Å². The lowest BCUT2D eigenvalue weighted by atomic mass is 9.89. The molecule has 6 rings (SSSR count). The molecule has 2 aromatic heterocycles. The number of hydrogen-bond acceptors (Lipinski definition) is 6. The Morgan fingerprint density at radius 3 is 2.47 bits per heavy atom. The molecule has 0 saturated heterocycles. The van der Waals surface area contributed by atoms with E-state index in [1.165, 1.54) is 12.3 Å². The maximum Gasteiger partial charge on any atom is 0.354 e. The fraction of sp³-hybridized carbons (Fsp3) is 0.400. The molecule has 1 aromatic carbocycles. The van der Waals surface area contributed by atoms with Gasteiger partial charge in [-0.25, -0.2) is 31.7 Å². The number of rotatable bonds is 7. The summed E-state index contributed by atoms with van der Waals surface area (Å²) in [6, 6.07) is 5.88. The number of fused-ring (bicyclic) bond motifs is 2. The number of aromatic nitrogens is 2. The van der Waals surface area contributed by atoms with Gasteiger partial charge in [-0.1, -0.05) is 0 Å². The first-order valence-electron chi connectivity index (χ1n) is 11.9. The van der Waals surface area contributed by atoms with E-state index < -0.39 is 40.8 Å². The molecule has 0 radical (unpaired) electrons. The van der Waals surface area contributed by atoms with Crippen LogP contribution in [0.1, 0.15) is 58.9 Å². The van der Waals surface area contributed by atoms with Crippen LogP contribution >= 0.6 is 0 Å². The van der Waals surface area contributed by atoms with Gasteiger partial charge in [0, 0.05) is 53.5 Å². The average molecular weight is 515 g/mol. The van der Waals surface area contributed by atoms with Gasteiger partial charge in [0.1, 0.15) is 5.69 Å². The van der Waals surface area contributed by atoms with Gasteiger partial charge in [0.05, 0.1) is 16.8 Å². The second-order valence-electron chi connectivity index (χ2n) is 10.0. The number of alkyl halides is 2. The summed E-state index contributed by atoms with van der Waals surface area (Å²) in [5.74, 6) is -3.63. The van der Waals surface area contributed by atoms with E-state index in [0.29, 0.717) is 40.8 Å². The lowest BCUT2D eigenvalue weighted by molar-refractivity contribution is -0.0876. The number of nitrogens with zero attached hydrogens (tertiary/aromatic N) is 2. The van der Waals surface area contributed by atoms with Gasteiger partial charge >= 0.3 is 5.97 Å². The topological polar surface area (TPSA) is 121 Å². The smallest absolute Gasteiger partial charge is 0.354 e. The summed E-state index contributed by atoms with van der Waals surface area (Å²) < 4.78 is 56.6. The van der Waals surface area contributed by atoms with E-state index in [-0.39, 0.29) is 16.6 Å². The third-order valence-electron chi connectivity index (χ3n) is 7.14. The first-order chi connectivity index (χ1) is 17.1. The summed E-state index contributed by atoms with van der Waals surface area (Å²) in [6.45, 7) is 0. The molecule has 2 fully saturated rings. The number of carboxylic acid groups (broad SMARTS) is 1. The molecule has 8 nitrogen and oxygen atoms in total. The van der Waals surface area contributed by atoms with E-state index >= 15 is 0 Å². The third-order valence-corrected chi connectivity index (χ3v) is 8.79. The van der Waals surface area contributed by atoms with Crippen molar-refractivity contribution in [3.63, 3.8) is 0 Å². The van der Waals surface area contributed by atoms with Crippen LogP contribution in [0.25, 0.3) is 10.8 Å². The van der Waals surface area contributed by atoms with E-state index in [9.17, 15) is 22.0 Å². The van der Waals surface area contributed by atoms with Crippen LogP contribution in [0.15, 0.2) is 41.6 Å². The molecule has 36 heavy (non-hydrogen) atoms. The van der Waals surface area contributed by atoms with Crippen molar-refractivity contribution in [3.05, 3.63) is 59.2 Å². The summed E-state index contributed by atoms with van der Waals surface area (Å²) in [7, 11) is -4.07. The van der Waals surface area contributed by atoms with Crippen LogP contribution in [0.4, 0.5) is 14.5 Å². The zero-order valence-electron chi connectivity index (χ0n) is 19.2. The Kier molecular flexibility index (Phi) is 5.27. The minimum absolute atomic E-state index is 0.0681. The van der Waals surface area contributed by atoms with E-state index in [1.807, 2.05) is 12.1 Å². The third kappa shape index (κ3) is 4.30. The molecule has 11 heteroatoms. The van der Waals surface area contributed by atoms with Gasteiger partial charge in [-0.05, 0) is 61.1 Å². The van der Waals surface area contributed by atoms with Crippen molar-refractivity contribution >= 4 is 32.5 Å². The Morgan fingerprint density at radius 2 is 1.83 bits per heavy atom. The molecule has 0 unspecified atom stereocenters. The molecule has 0 aliphatic heterocycles. The average Bonchev–Trinajstić information content (AvgIpc) is 3.56. The minimum Gasteiger partial charge on any atom is -0.477 e. The molecule has 3 N–H and O–H groups in total. The Morgan fingerprint density at radius 1 is 1.06 bits per heavy atom. The highest BCUT2D eigenvalue weighted by Crippen LogP contribution is 2.43. The maximum atomic E-state index is 13.6. The van der Waals surface area contributed by atoms with Crippen LogP contribution in [0.5, 0.6) is 0 Å². The minimum atomic E-state index is -4.07. The predicted molar refractivity (Wildman–Crippen MR) is 128 cm³/mol. The van der Waals surface area contributed by atoms with Crippen LogP contribution in [0, 0.1) is 0 Å². The largest absolute Gasteiger partial charge is 0.477 e. The van der Waals surface area contributed by atoms with Crippen LogP contribution in [-0.2, 0) is 22.9 Å². The zero-order valence-corrected chi connectivity index (χ0v) is 20.0. The van der Waals surface area contributed by atoms with Gasteiger partial charge in [0.15, 0.2) is 0 Å². The Labute approximate surface area is 206 Å². The molecule has 3 aliphatic carbocycles. The fourth-order valence-corrected chi connectivity index (χ4v) is 6.97. The number of aromatic carboxylic acids is 1. The van der Waals surface area contributed by atoms with E-state index in [4.69, 9.17) is 5.11 Å². The van der Waals surface area contributed by atoms with Crippen molar-refractivity contribution in [2.75, 3.05) is 5.32 Å². The molecule has 188 valence electrons. The lowest BCUT2D eigenvalue weighted by Gasteiger charge is -2.35. The molecule has 3 aliphatic rings. The number of sulfonamides is 1. The normalized spacial score (nSPS) is 21.2. The molecule has 3 aromatic rings. The highest BCUT2D eigenvalue weighted by molar-refractivity contribution is 7.89. The standard InChI is InChI=1S/C25H24F2N4O4S/c26-25(27)9-18(10-25)31-36(34,35)23-19-7-17(30-16-3-4-21(24(32)33)29-12-16)6-14(19)5-15-11-28-22(8-20(15)23)13-1-2-13/h3-5,8,11-13,17-18,30-31H,1-2,6-7,9-10H2,(H,32,33)/t17-/m1/s1. The van der Waals surface area contributed by atoms with Crippen molar-refractivity contribution in [2.45, 2.75) is 67.3 Å². The molecule has 0 amide bonds. The van der Waals surface area contributed by atoms with Gasteiger partial charge in [-0.3, -0.25) is 4.98 Å². The second-order valence-corrected chi connectivity index (χ2v) is 11.7. The zero-order chi connectivity index (χ0) is 25.2. The summed E-state index contributed by atoms with van der Waals surface area (Å²) in [6.07, 6.45) is 5.11. The van der Waals surface area contributed by atoms with Gasteiger partial charge in [0.25, 0.3) is 5.92 Å². The maximum absolute atomic E-state index is 13.6. The number of carboxylic acids is 1. The highest BCUT2D eigenvalue weighted by Gasteiger charge is 2.47. The molecule has 1 atom stereocenters. The van der Waals surface area contributed by atoms with E-state index in [0.717, 1.165) is 24.1 Å². The van der Waals surface area contributed by atoms with Crippen molar-refractivity contribution in [2.24, 2.45) is 0 Å². The SMILES string of the molecule is O=C(O)c1ccc(N[C@@H]2Cc3cc4cnc(C5CC5)cc4c(S(=O)(=O)NC4CC(F)(F)C4)c3C2)cn1. The fourth-order valence-electron chi connectivity index (χ4n) is 5.24. The Balaban J connectivity index is 1.36.